The predicted octanol–water partition coefficient (Wildman–Crippen LogP) is 2.67. The molecule has 1 rings (SSSR count). The number of benzene rings is 1. The van der Waals surface area contributed by atoms with E-state index in [4.69, 9.17) is 0 Å². The zero-order chi connectivity index (χ0) is 9.14. The monoisotopic (exact) mass is 228 g/mol. The van der Waals surface area contributed by atoms with E-state index in [1.807, 2.05) is 0 Å². The van der Waals surface area contributed by atoms with Gasteiger partial charge in [0, 0.05) is 17.0 Å². The fourth-order valence-electron chi connectivity index (χ4n) is 0.946. The first kappa shape index (κ1) is 9.19. The first-order valence-electron chi connectivity index (χ1n) is 3.31. The third-order valence-electron chi connectivity index (χ3n) is 1.58. The van der Waals surface area contributed by atoms with Gasteiger partial charge in [-0.25, -0.2) is 0 Å². The summed E-state index contributed by atoms with van der Waals surface area (Å²) in [6.07, 6.45) is 0. The van der Waals surface area contributed by atoms with Crippen molar-refractivity contribution >= 4 is 21.6 Å². The van der Waals surface area contributed by atoms with E-state index in [2.05, 4.69) is 22.9 Å². The van der Waals surface area contributed by atoms with E-state index in [0.717, 1.165) is 0 Å². The van der Waals surface area contributed by atoms with Crippen LogP contribution in [0, 0.1) is 17.0 Å². The Morgan fingerprint density at radius 3 is 2.67 bits per heavy atom. The summed E-state index contributed by atoms with van der Waals surface area (Å²) < 4.78 is 0. The van der Waals surface area contributed by atoms with E-state index in [0.29, 0.717) is 16.5 Å². The van der Waals surface area contributed by atoms with Gasteiger partial charge in [0.2, 0.25) is 0 Å². The molecular formula is C8H7BrNO2. The van der Waals surface area contributed by atoms with E-state index >= 15 is 0 Å². The van der Waals surface area contributed by atoms with Crippen molar-refractivity contribution in [1.29, 1.82) is 0 Å². The smallest absolute Gasteiger partial charge is 0.258 e. The zero-order valence-electron chi connectivity index (χ0n) is 6.29. The van der Waals surface area contributed by atoms with E-state index in [9.17, 15) is 10.1 Å². The van der Waals surface area contributed by atoms with Gasteiger partial charge >= 0.3 is 0 Å². The lowest BCUT2D eigenvalue weighted by Crippen LogP contribution is -1.95. The second-order valence-electron chi connectivity index (χ2n) is 2.31. The highest BCUT2D eigenvalue weighted by atomic mass is 79.9. The maximum Gasteiger partial charge on any atom is 0.273 e. The Morgan fingerprint density at radius 2 is 2.25 bits per heavy atom. The van der Waals surface area contributed by atoms with Crippen LogP contribution in [0.25, 0.3) is 0 Å². The topological polar surface area (TPSA) is 43.1 Å². The molecule has 0 fully saturated rings. The van der Waals surface area contributed by atoms with Crippen LogP contribution in [0.15, 0.2) is 18.2 Å². The van der Waals surface area contributed by atoms with Gasteiger partial charge in [-0.15, -0.1) is 0 Å². The lowest BCUT2D eigenvalue weighted by molar-refractivity contribution is -0.385. The summed E-state index contributed by atoms with van der Waals surface area (Å²) in [7, 11) is 0. The number of nitrogens with zero attached hydrogens (tertiary/aromatic N) is 1. The lowest BCUT2D eigenvalue weighted by Gasteiger charge is -2.01. The molecule has 0 bridgehead atoms. The minimum absolute atomic E-state index is 0.124. The molecule has 0 saturated carbocycles. The molecule has 0 spiro atoms. The molecule has 0 amide bonds. The Labute approximate surface area is 78.7 Å². The molecule has 0 aliphatic carbocycles. The van der Waals surface area contributed by atoms with Crippen molar-refractivity contribution in [3.8, 4) is 0 Å². The molecule has 4 heteroatoms. The molecule has 1 aromatic rings. The van der Waals surface area contributed by atoms with Gasteiger partial charge in [-0.1, -0.05) is 28.1 Å². The van der Waals surface area contributed by atoms with Crippen LogP contribution >= 0.6 is 15.9 Å². The first-order valence-corrected chi connectivity index (χ1v) is 4.43. The summed E-state index contributed by atoms with van der Waals surface area (Å²) in [6, 6.07) is 4.86. The van der Waals surface area contributed by atoms with Gasteiger partial charge < -0.3 is 0 Å². The van der Waals surface area contributed by atoms with Gasteiger partial charge in [0.1, 0.15) is 0 Å². The van der Waals surface area contributed by atoms with Gasteiger partial charge in [-0.2, -0.15) is 0 Å². The van der Waals surface area contributed by atoms with Crippen LogP contribution in [0.4, 0.5) is 5.69 Å². The molecule has 0 aliphatic heterocycles. The molecule has 63 valence electrons. The Hall–Kier alpha value is -0.900. The Bertz CT molecular complexity index is 312. The lowest BCUT2D eigenvalue weighted by atomic mass is 10.1. The van der Waals surface area contributed by atoms with Crippen LogP contribution in [0.1, 0.15) is 11.1 Å². The summed E-state index contributed by atoms with van der Waals surface area (Å²) in [6.45, 7) is 3.70. The van der Waals surface area contributed by atoms with Crippen molar-refractivity contribution in [3.63, 3.8) is 0 Å². The number of hydrogen-bond acceptors (Lipinski definition) is 2. The average Bonchev–Trinajstić information content (AvgIpc) is 2.03. The van der Waals surface area contributed by atoms with Crippen LogP contribution in [0.5, 0.6) is 0 Å². The second-order valence-corrected chi connectivity index (χ2v) is 2.87. The summed E-state index contributed by atoms with van der Waals surface area (Å²) in [4.78, 5) is 10.1. The molecule has 0 heterocycles. The highest BCUT2D eigenvalue weighted by Gasteiger charge is 2.13. The maximum atomic E-state index is 10.5. The third kappa shape index (κ3) is 1.64. The largest absolute Gasteiger partial charge is 0.273 e. The average molecular weight is 229 g/mol. The fraction of sp³-hybridized carbons (Fsp3) is 0.125. The highest BCUT2D eigenvalue weighted by molar-refractivity contribution is 9.08. The Kier molecular flexibility index (Phi) is 2.81. The van der Waals surface area contributed by atoms with Crippen molar-refractivity contribution in [3.05, 3.63) is 46.4 Å². The molecule has 12 heavy (non-hydrogen) atoms. The standard InChI is InChI=1S/C8H7BrNO2/c1-6-3-2-4-8(10(11)12)7(6)5-9/h2-4H,1,5H2. The molecular weight excluding hydrogens is 222 g/mol. The van der Waals surface area contributed by atoms with Crippen molar-refractivity contribution in [2.24, 2.45) is 0 Å². The van der Waals surface area contributed by atoms with Gasteiger partial charge in [0.05, 0.1) is 4.92 Å². The summed E-state index contributed by atoms with van der Waals surface area (Å²) >= 11 is 3.18. The van der Waals surface area contributed by atoms with Crippen LogP contribution < -0.4 is 0 Å². The summed E-state index contributed by atoms with van der Waals surface area (Å²) in [5.74, 6) is 0. The van der Waals surface area contributed by atoms with E-state index in [1.54, 1.807) is 12.1 Å². The van der Waals surface area contributed by atoms with Gasteiger partial charge in [-0.05, 0) is 12.5 Å². The minimum Gasteiger partial charge on any atom is -0.258 e. The normalized spacial score (nSPS) is 9.83. The molecule has 0 aromatic heterocycles. The van der Waals surface area contributed by atoms with Crippen molar-refractivity contribution in [2.45, 2.75) is 5.33 Å². The molecule has 0 saturated heterocycles. The number of rotatable bonds is 2. The molecule has 0 atom stereocenters. The van der Waals surface area contributed by atoms with E-state index < -0.39 is 4.92 Å². The van der Waals surface area contributed by atoms with Crippen LogP contribution in [0.3, 0.4) is 0 Å². The number of nitro benzene ring substituents is 1. The summed E-state index contributed by atoms with van der Waals surface area (Å²) in [5.41, 5.74) is 1.46. The SMILES string of the molecule is [CH2]c1cccc([N+](=O)[O-])c1CBr. The highest BCUT2D eigenvalue weighted by Crippen LogP contribution is 2.23. The van der Waals surface area contributed by atoms with Crippen molar-refractivity contribution < 1.29 is 4.92 Å². The quantitative estimate of drug-likeness (QED) is 0.444. The predicted molar refractivity (Wildman–Crippen MR) is 50.2 cm³/mol. The number of halogens is 1. The molecule has 0 aliphatic rings. The number of hydrogen-bond donors (Lipinski definition) is 0. The molecule has 0 N–H and O–H groups in total. The Morgan fingerprint density at radius 1 is 1.58 bits per heavy atom. The zero-order valence-corrected chi connectivity index (χ0v) is 7.87. The summed E-state index contributed by atoms with van der Waals surface area (Å²) in [5, 5.41) is 11.0. The third-order valence-corrected chi connectivity index (χ3v) is 2.14. The van der Waals surface area contributed by atoms with Crippen LogP contribution in [-0.2, 0) is 5.33 Å². The van der Waals surface area contributed by atoms with Crippen molar-refractivity contribution in [1.82, 2.24) is 0 Å². The Balaban J connectivity index is 3.27. The fourth-order valence-corrected chi connectivity index (χ4v) is 1.59. The van der Waals surface area contributed by atoms with Crippen LogP contribution in [0.2, 0.25) is 0 Å². The number of nitro groups is 1. The molecule has 0 unspecified atom stereocenters. The molecule has 1 radical (unpaired) electrons. The maximum absolute atomic E-state index is 10.5. The van der Waals surface area contributed by atoms with Gasteiger partial charge in [-0.3, -0.25) is 10.1 Å². The van der Waals surface area contributed by atoms with Gasteiger partial charge in [0.25, 0.3) is 5.69 Å². The van der Waals surface area contributed by atoms with Crippen molar-refractivity contribution in [2.75, 3.05) is 0 Å². The second kappa shape index (κ2) is 3.67. The van der Waals surface area contributed by atoms with E-state index in [1.165, 1.54) is 6.07 Å². The van der Waals surface area contributed by atoms with E-state index in [-0.39, 0.29) is 5.69 Å². The molecule has 3 nitrogen and oxygen atoms in total. The minimum atomic E-state index is -0.398. The van der Waals surface area contributed by atoms with Crippen LogP contribution in [-0.4, -0.2) is 4.92 Å². The first-order chi connectivity index (χ1) is 5.66. The molecule has 1 aromatic carbocycles. The van der Waals surface area contributed by atoms with Gasteiger partial charge in [0.15, 0.2) is 0 Å². The number of alkyl halides is 1.